The van der Waals surface area contributed by atoms with Crippen molar-refractivity contribution in [3.05, 3.63) is 54.2 Å². The number of hydrogen-bond donors (Lipinski definition) is 2. The molecular formula is C15H15N3O. The standard InChI is InChI=1S/C15H15N3O/c19-15(18-11-5-2-1-3-6-11)13-7-4-10-16-14(13)17-12-8-9-12/h1-7,10,12H,8-9H2,(H,16,17)(H,18,19). The Balaban J connectivity index is 1.79. The van der Waals surface area contributed by atoms with Crippen LogP contribution in [0.2, 0.25) is 0 Å². The summed E-state index contributed by atoms with van der Waals surface area (Å²) in [6.45, 7) is 0. The Morgan fingerprint density at radius 1 is 1.11 bits per heavy atom. The molecule has 0 saturated heterocycles. The largest absolute Gasteiger partial charge is 0.367 e. The lowest BCUT2D eigenvalue weighted by Gasteiger charge is -2.10. The van der Waals surface area contributed by atoms with Gasteiger partial charge in [0.2, 0.25) is 0 Å². The zero-order chi connectivity index (χ0) is 13.1. The molecule has 1 aromatic carbocycles. The van der Waals surface area contributed by atoms with Gasteiger partial charge in [-0.1, -0.05) is 18.2 Å². The predicted octanol–water partition coefficient (Wildman–Crippen LogP) is 2.91. The smallest absolute Gasteiger partial charge is 0.259 e. The van der Waals surface area contributed by atoms with Crippen molar-refractivity contribution in [1.29, 1.82) is 0 Å². The molecule has 4 heteroatoms. The van der Waals surface area contributed by atoms with Gasteiger partial charge < -0.3 is 10.6 Å². The maximum absolute atomic E-state index is 12.2. The van der Waals surface area contributed by atoms with Crippen molar-refractivity contribution in [1.82, 2.24) is 4.98 Å². The third-order valence-corrected chi connectivity index (χ3v) is 3.00. The van der Waals surface area contributed by atoms with Crippen LogP contribution in [-0.2, 0) is 0 Å². The number of amides is 1. The van der Waals surface area contributed by atoms with Crippen LogP contribution in [0.25, 0.3) is 0 Å². The molecule has 1 amide bonds. The summed E-state index contributed by atoms with van der Waals surface area (Å²) in [5, 5.41) is 6.15. The molecule has 96 valence electrons. The number of carbonyl (C=O) groups excluding carboxylic acids is 1. The van der Waals surface area contributed by atoms with Crippen LogP contribution in [0.4, 0.5) is 11.5 Å². The average molecular weight is 253 g/mol. The molecule has 2 N–H and O–H groups in total. The van der Waals surface area contributed by atoms with Crippen molar-refractivity contribution in [2.75, 3.05) is 10.6 Å². The first kappa shape index (κ1) is 11.7. The molecule has 1 heterocycles. The quantitative estimate of drug-likeness (QED) is 0.880. The van der Waals surface area contributed by atoms with E-state index in [4.69, 9.17) is 0 Å². The molecule has 0 aliphatic heterocycles. The fourth-order valence-corrected chi connectivity index (χ4v) is 1.84. The molecule has 1 saturated carbocycles. The van der Waals surface area contributed by atoms with E-state index in [-0.39, 0.29) is 5.91 Å². The van der Waals surface area contributed by atoms with E-state index in [1.807, 2.05) is 30.3 Å². The molecule has 1 aliphatic rings. The van der Waals surface area contributed by atoms with Gasteiger partial charge in [0, 0.05) is 17.9 Å². The van der Waals surface area contributed by atoms with Gasteiger partial charge in [0.1, 0.15) is 5.82 Å². The summed E-state index contributed by atoms with van der Waals surface area (Å²) in [5.74, 6) is 0.529. The molecule has 4 nitrogen and oxygen atoms in total. The van der Waals surface area contributed by atoms with Crippen molar-refractivity contribution >= 4 is 17.4 Å². The van der Waals surface area contributed by atoms with E-state index in [1.165, 1.54) is 0 Å². The number of anilines is 2. The van der Waals surface area contributed by atoms with Gasteiger partial charge in [0.05, 0.1) is 5.56 Å². The number of rotatable bonds is 4. The van der Waals surface area contributed by atoms with Crippen LogP contribution in [0.1, 0.15) is 23.2 Å². The van der Waals surface area contributed by atoms with Gasteiger partial charge in [0.25, 0.3) is 5.91 Å². The van der Waals surface area contributed by atoms with Gasteiger partial charge >= 0.3 is 0 Å². The SMILES string of the molecule is O=C(Nc1ccccc1)c1cccnc1NC1CC1. The summed E-state index contributed by atoms with van der Waals surface area (Å²) in [4.78, 5) is 16.5. The number of hydrogen-bond acceptors (Lipinski definition) is 3. The zero-order valence-corrected chi connectivity index (χ0v) is 10.5. The highest BCUT2D eigenvalue weighted by Gasteiger charge is 2.23. The second-order valence-electron chi connectivity index (χ2n) is 4.64. The number of pyridine rings is 1. The minimum atomic E-state index is -0.137. The lowest BCUT2D eigenvalue weighted by Crippen LogP contribution is -2.16. The van der Waals surface area contributed by atoms with Crippen molar-refractivity contribution < 1.29 is 4.79 Å². The Bertz CT molecular complexity index is 579. The van der Waals surface area contributed by atoms with Crippen molar-refractivity contribution in [2.45, 2.75) is 18.9 Å². The third kappa shape index (κ3) is 2.91. The lowest BCUT2D eigenvalue weighted by atomic mass is 10.2. The maximum atomic E-state index is 12.2. The maximum Gasteiger partial charge on any atom is 0.259 e. The molecule has 0 radical (unpaired) electrons. The highest BCUT2D eigenvalue weighted by atomic mass is 16.1. The summed E-state index contributed by atoms with van der Waals surface area (Å²) in [7, 11) is 0. The summed E-state index contributed by atoms with van der Waals surface area (Å²) in [5.41, 5.74) is 1.37. The molecule has 19 heavy (non-hydrogen) atoms. The Morgan fingerprint density at radius 3 is 2.63 bits per heavy atom. The molecule has 2 aromatic rings. The van der Waals surface area contributed by atoms with Crippen LogP contribution >= 0.6 is 0 Å². The van der Waals surface area contributed by atoms with Crippen LogP contribution in [0, 0.1) is 0 Å². The number of aromatic nitrogens is 1. The fourth-order valence-electron chi connectivity index (χ4n) is 1.84. The average Bonchev–Trinajstić information content (AvgIpc) is 3.24. The second kappa shape index (κ2) is 5.10. The highest BCUT2D eigenvalue weighted by Crippen LogP contribution is 2.25. The second-order valence-corrected chi connectivity index (χ2v) is 4.64. The molecule has 0 unspecified atom stereocenters. The lowest BCUT2D eigenvalue weighted by molar-refractivity contribution is 0.102. The molecule has 3 rings (SSSR count). The van der Waals surface area contributed by atoms with E-state index < -0.39 is 0 Å². The Hall–Kier alpha value is -2.36. The van der Waals surface area contributed by atoms with Gasteiger partial charge in [-0.3, -0.25) is 4.79 Å². The van der Waals surface area contributed by atoms with E-state index in [1.54, 1.807) is 18.3 Å². The minimum absolute atomic E-state index is 0.137. The van der Waals surface area contributed by atoms with Gasteiger partial charge in [-0.15, -0.1) is 0 Å². The third-order valence-electron chi connectivity index (χ3n) is 3.00. The molecule has 0 bridgehead atoms. The van der Waals surface area contributed by atoms with Crippen LogP contribution in [-0.4, -0.2) is 16.9 Å². The minimum Gasteiger partial charge on any atom is -0.367 e. The van der Waals surface area contributed by atoms with E-state index in [9.17, 15) is 4.79 Å². The van der Waals surface area contributed by atoms with Crippen molar-refractivity contribution in [3.8, 4) is 0 Å². The predicted molar refractivity (Wildman–Crippen MR) is 75.3 cm³/mol. The Kier molecular flexibility index (Phi) is 3.14. The van der Waals surface area contributed by atoms with E-state index >= 15 is 0 Å². The summed E-state index contributed by atoms with van der Waals surface area (Å²) < 4.78 is 0. The molecule has 0 spiro atoms. The summed E-state index contributed by atoms with van der Waals surface area (Å²) in [6, 6.07) is 13.5. The number of carbonyl (C=O) groups is 1. The molecular weight excluding hydrogens is 238 g/mol. The number of benzene rings is 1. The van der Waals surface area contributed by atoms with E-state index in [2.05, 4.69) is 15.6 Å². The highest BCUT2D eigenvalue weighted by molar-refractivity contribution is 6.07. The van der Waals surface area contributed by atoms with Crippen LogP contribution in [0.3, 0.4) is 0 Å². The molecule has 1 fully saturated rings. The number of nitrogens with zero attached hydrogens (tertiary/aromatic N) is 1. The first-order valence-corrected chi connectivity index (χ1v) is 6.41. The first-order chi connectivity index (χ1) is 9.33. The molecule has 1 aliphatic carbocycles. The van der Waals surface area contributed by atoms with Gasteiger partial charge in [0.15, 0.2) is 0 Å². The van der Waals surface area contributed by atoms with Crippen LogP contribution in [0.5, 0.6) is 0 Å². The van der Waals surface area contributed by atoms with Crippen molar-refractivity contribution in [2.24, 2.45) is 0 Å². The van der Waals surface area contributed by atoms with Crippen LogP contribution in [0.15, 0.2) is 48.7 Å². The topological polar surface area (TPSA) is 54.0 Å². The van der Waals surface area contributed by atoms with E-state index in [0.29, 0.717) is 17.4 Å². The van der Waals surface area contributed by atoms with E-state index in [0.717, 1.165) is 18.5 Å². The first-order valence-electron chi connectivity index (χ1n) is 6.41. The zero-order valence-electron chi connectivity index (χ0n) is 10.5. The number of para-hydroxylation sites is 1. The normalized spacial score (nSPS) is 13.9. The Morgan fingerprint density at radius 2 is 1.89 bits per heavy atom. The summed E-state index contributed by atoms with van der Waals surface area (Å²) >= 11 is 0. The van der Waals surface area contributed by atoms with Crippen LogP contribution < -0.4 is 10.6 Å². The monoisotopic (exact) mass is 253 g/mol. The number of nitrogens with one attached hydrogen (secondary N) is 2. The fraction of sp³-hybridized carbons (Fsp3) is 0.200. The van der Waals surface area contributed by atoms with Crippen molar-refractivity contribution in [3.63, 3.8) is 0 Å². The van der Waals surface area contributed by atoms with Gasteiger partial charge in [-0.25, -0.2) is 4.98 Å². The van der Waals surface area contributed by atoms with Gasteiger partial charge in [-0.05, 0) is 37.1 Å². The Labute approximate surface area is 111 Å². The molecule has 1 aromatic heterocycles. The van der Waals surface area contributed by atoms with Gasteiger partial charge in [-0.2, -0.15) is 0 Å². The molecule has 0 atom stereocenters. The summed E-state index contributed by atoms with van der Waals surface area (Å²) in [6.07, 6.45) is 4.00.